The molecule has 4 nitrogen and oxygen atoms in total. The minimum atomic E-state index is 0.137. The summed E-state index contributed by atoms with van der Waals surface area (Å²) in [7, 11) is 3.39. The first-order valence-corrected chi connectivity index (χ1v) is 5.57. The van der Waals surface area contributed by atoms with Gasteiger partial charge in [0.1, 0.15) is 0 Å². The Balaban J connectivity index is 3.63. The van der Waals surface area contributed by atoms with Crippen LogP contribution in [0.1, 0.15) is 20.3 Å². The van der Waals surface area contributed by atoms with Crippen LogP contribution in [-0.2, 0) is 14.2 Å². The summed E-state index contributed by atoms with van der Waals surface area (Å²) in [4.78, 5) is 0. The van der Waals surface area contributed by atoms with E-state index >= 15 is 0 Å². The molecule has 0 aromatic heterocycles. The second kappa shape index (κ2) is 10.4. The molecule has 0 amide bonds. The molecule has 2 unspecified atom stereocenters. The Morgan fingerprint density at radius 1 is 1.07 bits per heavy atom. The van der Waals surface area contributed by atoms with Crippen LogP contribution in [0.4, 0.5) is 0 Å². The van der Waals surface area contributed by atoms with E-state index in [0.29, 0.717) is 19.8 Å². The van der Waals surface area contributed by atoms with Gasteiger partial charge >= 0.3 is 0 Å². The van der Waals surface area contributed by atoms with E-state index in [1.165, 1.54) is 0 Å². The molecule has 0 aliphatic carbocycles. The van der Waals surface area contributed by atoms with Gasteiger partial charge in [-0.1, -0.05) is 6.92 Å². The Bertz CT molecular complexity index is 133. The van der Waals surface area contributed by atoms with Gasteiger partial charge in [0.25, 0.3) is 0 Å². The summed E-state index contributed by atoms with van der Waals surface area (Å²) in [6.07, 6.45) is 1.26. The van der Waals surface area contributed by atoms with Crippen LogP contribution >= 0.6 is 0 Å². The van der Waals surface area contributed by atoms with Gasteiger partial charge in [0, 0.05) is 14.2 Å². The molecule has 0 aliphatic rings. The summed E-state index contributed by atoms with van der Waals surface area (Å²) in [6, 6.07) is 0.272. The summed E-state index contributed by atoms with van der Waals surface area (Å²) < 4.78 is 15.7. The minimum Gasteiger partial charge on any atom is -0.383 e. The first kappa shape index (κ1) is 14.8. The second-order valence-corrected chi connectivity index (χ2v) is 3.71. The van der Waals surface area contributed by atoms with Crippen molar-refractivity contribution in [3.05, 3.63) is 0 Å². The number of methoxy groups -OCH3 is 2. The Hall–Kier alpha value is -0.160. The third kappa shape index (κ3) is 8.81. The molecule has 1 N–H and O–H groups in total. The molecule has 4 heteroatoms. The molecule has 0 radical (unpaired) electrons. The van der Waals surface area contributed by atoms with E-state index in [1.54, 1.807) is 14.2 Å². The van der Waals surface area contributed by atoms with Gasteiger partial charge in [0.2, 0.25) is 0 Å². The van der Waals surface area contributed by atoms with E-state index in [0.717, 1.165) is 13.0 Å². The van der Waals surface area contributed by atoms with Crippen molar-refractivity contribution >= 4 is 0 Å². The zero-order chi connectivity index (χ0) is 11.5. The molecule has 15 heavy (non-hydrogen) atoms. The fourth-order valence-corrected chi connectivity index (χ4v) is 1.28. The molecule has 0 fully saturated rings. The standard InChI is InChI=1S/C11H25NO3/c1-5-6-12-11(8-14-4)9-15-10(2)7-13-3/h10-12H,5-9H2,1-4H3. The first-order valence-electron chi connectivity index (χ1n) is 5.57. The first-order chi connectivity index (χ1) is 7.24. The van der Waals surface area contributed by atoms with Gasteiger partial charge in [-0.3, -0.25) is 0 Å². The smallest absolute Gasteiger partial charge is 0.0781 e. The molecular weight excluding hydrogens is 194 g/mol. The lowest BCUT2D eigenvalue weighted by molar-refractivity contribution is -0.00956. The van der Waals surface area contributed by atoms with E-state index in [4.69, 9.17) is 14.2 Å². The number of hydrogen-bond donors (Lipinski definition) is 1. The normalized spacial score (nSPS) is 15.2. The summed E-state index contributed by atoms with van der Waals surface area (Å²) >= 11 is 0. The van der Waals surface area contributed by atoms with E-state index in [-0.39, 0.29) is 12.1 Å². The molecule has 0 saturated carbocycles. The Labute approximate surface area is 93.3 Å². The number of hydrogen-bond acceptors (Lipinski definition) is 4. The lowest BCUT2D eigenvalue weighted by Crippen LogP contribution is -2.39. The van der Waals surface area contributed by atoms with E-state index in [9.17, 15) is 0 Å². The predicted octanol–water partition coefficient (Wildman–Crippen LogP) is 1.05. The van der Waals surface area contributed by atoms with Gasteiger partial charge in [-0.15, -0.1) is 0 Å². The maximum Gasteiger partial charge on any atom is 0.0781 e. The van der Waals surface area contributed by atoms with Crippen molar-refractivity contribution in [1.29, 1.82) is 0 Å². The number of nitrogens with one attached hydrogen (secondary N) is 1. The maximum absolute atomic E-state index is 5.63. The van der Waals surface area contributed by atoms with E-state index in [2.05, 4.69) is 12.2 Å². The second-order valence-electron chi connectivity index (χ2n) is 3.71. The average Bonchev–Trinajstić information content (AvgIpc) is 2.22. The van der Waals surface area contributed by atoms with Crippen molar-refractivity contribution in [2.24, 2.45) is 0 Å². The molecule has 0 saturated heterocycles. The maximum atomic E-state index is 5.63. The van der Waals surface area contributed by atoms with Crippen LogP contribution in [0, 0.1) is 0 Å². The molecule has 0 aliphatic heterocycles. The molecule has 2 atom stereocenters. The highest BCUT2D eigenvalue weighted by atomic mass is 16.5. The zero-order valence-electron chi connectivity index (χ0n) is 10.4. The summed E-state index contributed by atoms with van der Waals surface area (Å²) in [5.74, 6) is 0. The van der Waals surface area contributed by atoms with E-state index < -0.39 is 0 Å². The molecule has 0 aromatic carbocycles. The number of ether oxygens (including phenoxy) is 3. The lowest BCUT2D eigenvalue weighted by Gasteiger charge is -2.20. The van der Waals surface area contributed by atoms with Gasteiger partial charge in [-0.25, -0.2) is 0 Å². The topological polar surface area (TPSA) is 39.7 Å². The molecular formula is C11H25NO3. The van der Waals surface area contributed by atoms with Gasteiger partial charge in [0.05, 0.1) is 32.0 Å². The van der Waals surface area contributed by atoms with Crippen LogP contribution in [0.5, 0.6) is 0 Å². The van der Waals surface area contributed by atoms with Crippen LogP contribution in [0.25, 0.3) is 0 Å². The monoisotopic (exact) mass is 219 g/mol. The van der Waals surface area contributed by atoms with Crippen LogP contribution in [0.15, 0.2) is 0 Å². The largest absolute Gasteiger partial charge is 0.383 e. The Kier molecular flexibility index (Phi) is 10.3. The highest BCUT2D eigenvalue weighted by molar-refractivity contribution is 4.65. The Morgan fingerprint density at radius 2 is 1.73 bits per heavy atom. The van der Waals surface area contributed by atoms with Crippen molar-refractivity contribution in [1.82, 2.24) is 5.32 Å². The molecule has 0 aromatic rings. The average molecular weight is 219 g/mol. The molecule has 0 spiro atoms. The van der Waals surface area contributed by atoms with Crippen LogP contribution < -0.4 is 5.32 Å². The molecule has 0 bridgehead atoms. The van der Waals surface area contributed by atoms with Crippen molar-refractivity contribution < 1.29 is 14.2 Å². The fourth-order valence-electron chi connectivity index (χ4n) is 1.28. The number of rotatable bonds is 10. The predicted molar refractivity (Wildman–Crippen MR) is 61.2 cm³/mol. The lowest BCUT2D eigenvalue weighted by atomic mass is 10.3. The van der Waals surface area contributed by atoms with Gasteiger partial charge in [-0.05, 0) is 19.9 Å². The highest BCUT2D eigenvalue weighted by Crippen LogP contribution is 1.95. The van der Waals surface area contributed by atoms with E-state index in [1.807, 2.05) is 6.92 Å². The summed E-state index contributed by atoms with van der Waals surface area (Å²) in [6.45, 7) is 7.13. The SMILES string of the molecule is CCCNC(COC)COC(C)COC. The van der Waals surface area contributed by atoms with Gasteiger partial charge < -0.3 is 19.5 Å². The van der Waals surface area contributed by atoms with Crippen molar-refractivity contribution in [3.63, 3.8) is 0 Å². The fraction of sp³-hybridized carbons (Fsp3) is 1.00. The van der Waals surface area contributed by atoms with Gasteiger partial charge in [0.15, 0.2) is 0 Å². The van der Waals surface area contributed by atoms with Crippen LogP contribution in [0.3, 0.4) is 0 Å². The molecule has 92 valence electrons. The van der Waals surface area contributed by atoms with Crippen molar-refractivity contribution in [2.75, 3.05) is 40.6 Å². The zero-order valence-corrected chi connectivity index (χ0v) is 10.4. The third-order valence-electron chi connectivity index (χ3n) is 2.03. The van der Waals surface area contributed by atoms with Crippen LogP contribution in [-0.4, -0.2) is 52.7 Å². The minimum absolute atomic E-state index is 0.137. The third-order valence-corrected chi connectivity index (χ3v) is 2.03. The Morgan fingerprint density at radius 3 is 2.27 bits per heavy atom. The van der Waals surface area contributed by atoms with Crippen molar-refractivity contribution in [3.8, 4) is 0 Å². The highest BCUT2D eigenvalue weighted by Gasteiger charge is 2.09. The van der Waals surface area contributed by atoms with Crippen LogP contribution in [0.2, 0.25) is 0 Å². The summed E-state index contributed by atoms with van der Waals surface area (Å²) in [5, 5.41) is 3.38. The summed E-state index contributed by atoms with van der Waals surface area (Å²) in [5.41, 5.74) is 0. The molecule has 0 rings (SSSR count). The quantitative estimate of drug-likeness (QED) is 0.596. The molecule has 0 heterocycles. The van der Waals surface area contributed by atoms with Gasteiger partial charge in [-0.2, -0.15) is 0 Å². The van der Waals surface area contributed by atoms with Crippen molar-refractivity contribution in [2.45, 2.75) is 32.4 Å².